The molecule has 1 aromatic carbocycles. The van der Waals surface area contributed by atoms with Gasteiger partial charge in [0.25, 0.3) is 5.91 Å². The summed E-state index contributed by atoms with van der Waals surface area (Å²) in [6.45, 7) is 1.89. The van der Waals surface area contributed by atoms with Crippen LogP contribution in [0.5, 0.6) is 5.75 Å². The van der Waals surface area contributed by atoms with Crippen LogP contribution in [0.1, 0.15) is 71.9 Å². The van der Waals surface area contributed by atoms with Crippen molar-refractivity contribution in [2.75, 3.05) is 27.2 Å². The maximum absolute atomic E-state index is 12.9. The van der Waals surface area contributed by atoms with Crippen LogP contribution >= 0.6 is 11.3 Å². The van der Waals surface area contributed by atoms with Gasteiger partial charge in [-0.15, -0.1) is 11.3 Å². The monoisotopic (exact) mass is 470 g/mol. The second kappa shape index (κ2) is 11.0. The summed E-state index contributed by atoms with van der Waals surface area (Å²) in [6, 6.07) is 8.01. The van der Waals surface area contributed by atoms with Crippen molar-refractivity contribution >= 4 is 23.3 Å². The predicted octanol–water partition coefficient (Wildman–Crippen LogP) is 4.65. The zero-order valence-electron chi connectivity index (χ0n) is 19.6. The van der Waals surface area contributed by atoms with Gasteiger partial charge < -0.3 is 19.9 Å². The van der Waals surface area contributed by atoms with Crippen molar-refractivity contribution in [2.45, 2.75) is 63.5 Å². The third-order valence-electron chi connectivity index (χ3n) is 6.92. The molecule has 7 nitrogen and oxygen atoms in total. The molecule has 1 aliphatic carbocycles. The van der Waals surface area contributed by atoms with Crippen molar-refractivity contribution in [3.05, 3.63) is 45.9 Å². The Morgan fingerprint density at radius 2 is 1.82 bits per heavy atom. The lowest BCUT2D eigenvalue weighted by atomic mass is 9.94. The van der Waals surface area contributed by atoms with Crippen LogP contribution in [-0.2, 0) is 6.54 Å². The lowest BCUT2D eigenvalue weighted by Gasteiger charge is -2.31. The van der Waals surface area contributed by atoms with Gasteiger partial charge in [-0.3, -0.25) is 4.79 Å². The minimum Gasteiger partial charge on any atom is -0.497 e. The van der Waals surface area contributed by atoms with E-state index in [9.17, 15) is 9.59 Å². The van der Waals surface area contributed by atoms with Crippen molar-refractivity contribution in [1.82, 2.24) is 20.1 Å². The van der Waals surface area contributed by atoms with Crippen LogP contribution in [-0.4, -0.2) is 60.0 Å². The molecule has 0 spiro atoms. The van der Waals surface area contributed by atoms with Gasteiger partial charge in [-0.2, -0.15) is 0 Å². The molecule has 2 heterocycles. The number of ether oxygens (including phenoxy) is 1. The normalized spacial score (nSPS) is 17.6. The number of hydrogen-bond donors (Lipinski definition) is 1. The molecule has 1 aliphatic heterocycles. The van der Waals surface area contributed by atoms with Crippen molar-refractivity contribution in [3.63, 3.8) is 0 Å². The first-order valence-electron chi connectivity index (χ1n) is 11.9. The molecule has 1 saturated carbocycles. The average molecular weight is 471 g/mol. The standard InChI is InChI=1S/C25H34N4O3S/c1-28(20-6-4-3-5-7-20)24(30)22-17-33-23(27-22)19-12-14-29(15-13-19)25(31)26-16-18-8-10-21(32-2)11-9-18/h8-11,17,19-20H,3-7,12-16H2,1-2H3,(H,26,31). The van der Waals surface area contributed by atoms with Gasteiger partial charge in [-0.1, -0.05) is 31.4 Å². The molecule has 0 unspecified atom stereocenters. The lowest BCUT2D eigenvalue weighted by Crippen LogP contribution is -2.43. The summed E-state index contributed by atoms with van der Waals surface area (Å²) in [6.07, 6.45) is 7.62. The molecule has 0 atom stereocenters. The van der Waals surface area contributed by atoms with E-state index in [-0.39, 0.29) is 11.9 Å². The molecule has 178 valence electrons. The van der Waals surface area contributed by atoms with Gasteiger partial charge >= 0.3 is 6.03 Å². The van der Waals surface area contributed by atoms with Crippen molar-refractivity contribution in [3.8, 4) is 5.75 Å². The van der Waals surface area contributed by atoms with E-state index in [2.05, 4.69) is 5.32 Å². The molecule has 4 rings (SSSR count). The predicted molar refractivity (Wildman–Crippen MR) is 130 cm³/mol. The number of piperidine rings is 1. The van der Waals surface area contributed by atoms with Gasteiger partial charge in [0.15, 0.2) is 0 Å². The lowest BCUT2D eigenvalue weighted by molar-refractivity contribution is 0.0691. The molecule has 2 aliphatic rings. The number of rotatable bonds is 6. The van der Waals surface area contributed by atoms with E-state index in [1.807, 2.05) is 46.5 Å². The highest BCUT2D eigenvalue weighted by Crippen LogP contribution is 2.31. The number of thiazole rings is 1. The number of carbonyl (C=O) groups excluding carboxylic acids is 2. The molecule has 8 heteroatoms. The molecule has 1 N–H and O–H groups in total. The maximum Gasteiger partial charge on any atom is 0.317 e. The Bertz CT molecular complexity index is 931. The summed E-state index contributed by atoms with van der Waals surface area (Å²) < 4.78 is 5.17. The fourth-order valence-electron chi connectivity index (χ4n) is 4.75. The van der Waals surface area contributed by atoms with Gasteiger partial charge in [0, 0.05) is 44.0 Å². The average Bonchev–Trinajstić information content (AvgIpc) is 3.37. The number of nitrogens with one attached hydrogen (secondary N) is 1. The maximum atomic E-state index is 12.9. The highest BCUT2D eigenvalue weighted by molar-refractivity contribution is 7.09. The van der Waals surface area contributed by atoms with E-state index in [4.69, 9.17) is 9.72 Å². The minimum absolute atomic E-state index is 0.0339. The summed E-state index contributed by atoms with van der Waals surface area (Å²) >= 11 is 1.58. The van der Waals surface area contributed by atoms with Crippen LogP contribution < -0.4 is 10.1 Å². The Kier molecular flexibility index (Phi) is 7.85. The molecule has 1 saturated heterocycles. The second-order valence-corrected chi connectivity index (χ2v) is 9.94. The van der Waals surface area contributed by atoms with Gasteiger partial charge in [0.1, 0.15) is 11.4 Å². The van der Waals surface area contributed by atoms with E-state index in [1.165, 1.54) is 19.3 Å². The Morgan fingerprint density at radius 3 is 2.48 bits per heavy atom. The Morgan fingerprint density at radius 1 is 1.12 bits per heavy atom. The first-order valence-corrected chi connectivity index (χ1v) is 12.8. The SMILES string of the molecule is COc1ccc(CNC(=O)N2CCC(c3nc(C(=O)N(C)C4CCCCC4)cs3)CC2)cc1. The number of hydrogen-bond acceptors (Lipinski definition) is 5. The molecule has 33 heavy (non-hydrogen) atoms. The van der Waals surface area contributed by atoms with Crippen LogP contribution in [0.25, 0.3) is 0 Å². The molecular weight excluding hydrogens is 436 g/mol. The van der Waals surface area contributed by atoms with E-state index >= 15 is 0 Å². The number of nitrogens with zero attached hydrogens (tertiary/aromatic N) is 3. The zero-order valence-corrected chi connectivity index (χ0v) is 20.4. The first kappa shape index (κ1) is 23.5. The molecule has 0 radical (unpaired) electrons. The number of carbonyl (C=O) groups is 2. The van der Waals surface area contributed by atoms with Crippen LogP contribution in [0.4, 0.5) is 4.79 Å². The number of urea groups is 1. The van der Waals surface area contributed by atoms with Crippen LogP contribution in [0, 0.1) is 0 Å². The molecule has 2 aromatic rings. The summed E-state index contributed by atoms with van der Waals surface area (Å²) in [5.41, 5.74) is 1.61. The van der Waals surface area contributed by atoms with Gasteiger partial charge in [-0.05, 0) is 43.4 Å². The summed E-state index contributed by atoms with van der Waals surface area (Å²) in [5.74, 6) is 1.15. The zero-order chi connectivity index (χ0) is 23.2. The summed E-state index contributed by atoms with van der Waals surface area (Å²) in [4.78, 5) is 34.0. The topological polar surface area (TPSA) is 74.8 Å². The van der Waals surface area contributed by atoms with Crippen molar-refractivity contribution in [2.24, 2.45) is 0 Å². The van der Waals surface area contributed by atoms with E-state index in [0.29, 0.717) is 37.3 Å². The van der Waals surface area contributed by atoms with E-state index in [1.54, 1.807) is 18.4 Å². The number of amides is 3. The minimum atomic E-state index is -0.0339. The Balaban J connectivity index is 1.25. The van der Waals surface area contributed by atoms with E-state index < -0.39 is 0 Å². The highest BCUT2D eigenvalue weighted by atomic mass is 32.1. The molecule has 1 aromatic heterocycles. The largest absolute Gasteiger partial charge is 0.497 e. The molecule has 0 bridgehead atoms. The Hall–Kier alpha value is -2.61. The second-order valence-electron chi connectivity index (χ2n) is 9.05. The first-order chi connectivity index (χ1) is 16.0. The molecule has 2 fully saturated rings. The van der Waals surface area contributed by atoms with Crippen LogP contribution in [0.15, 0.2) is 29.6 Å². The number of methoxy groups -OCH3 is 1. The Labute approximate surface area is 200 Å². The quantitative estimate of drug-likeness (QED) is 0.667. The summed E-state index contributed by atoms with van der Waals surface area (Å²) in [7, 11) is 3.56. The van der Waals surface area contributed by atoms with E-state index in [0.717, 1.165) is 42.0 Å². The number of likely N-dealkylation sites (tertiary alicyclic amines) is 1. The third kappa shape index (κ3) is 5.85. The number of benzene rings is 1. The third-order valence-corrected chi connectivity index (χ3v) is 7.93. The highest BCUT2D eigenvalue weighted by Gasteiger charge is 2.28. The summed E-state index contributed by atoms with van der Waals surface area (Å²) in [5, 5.41) is 5.94. The van der Waals surface area contributed by atoms with Crippen LogP contribution in [0.2, 0.25) is 0 Å². The van der Waals surface area contributed by atoms with Crippen LogP contribution in [0.3, 0.4) is 0 Å². The van der Waals surface area contributed by atoms with Gasteiger partial charge in [0.05, 0.1) is 12.1 Å². The van der Waals surface area contributed by atoms with Gasteiger partial charge in [-0.25, -0.2) is 9.78 Å². The molecule has 3 amide bonds. The van der Waals surface area contributed by atoms with Crippen molar-refractivity contribution in [1.29, 1.82) is 0 Å². The molecular formula is C25H34N4O3S. The smallest absolute Gasteiger partial charge is 0.317 e. The fraction of sp³-hybridized carbons (Fsp3) is 0.560. The fourth-order valence-corrected chi connectivity index (χ4v) is 5.72. The van der Waals surface area contributed by atoms with Crippen molar-refractivity contribution < 1.29 is 14.3 Å². The van der Waals surface area contributed by atoms with Gasteiger partial charge in [0.2, 0.25) is 0 Å². The number of aromatic nitrogens is 1.